The summed E-state index contributed by atoms with van der Waals surface area (Å²) in [7, 11) is 0. The molecule has 18 heavy (non-hydrogen) atoms. The van der Waals surface area contributed by atoms with Crippen LogP contribution in [0.5, 0.6) is 0 Å². The van der Waals surface area contributed by atoms with E-state index in [1.165, 1.54) is 6.07 Å². The van der Waals surface area contributed by atoms with Crippen molar-refractivity contribution in [1.29, 1.82) is 0 Å². The monoisotopic (exact) mass is 439 g/mol. The summed E-state index contributed by atoms with van der Waals surface area (Å²) < 4.78 is 14.9. The number of anilines is 1. The molecule has 0 fully saturated rings. The molecule has 0 amide bonds. The van der Waals surface area contributed by atoms with Crippen LogP contribution in [-0.2, 0) is 6.54 Å². The number of nitrogens with one attached hydrogen (secondary N) is 1. The lowest BCUT2D eigenvalue weighted by Gasteiger charge is -2.10. The first-order valence-electron chi connectivity index (χ1n) is 5.20. The number of rotatable bonds is 3. The zero-order chi connectivity index (χ0) is 13.1. The molecular formula is C13H9BrClFIN. The minimum absolute atomic E-state index is 0.261. The molecule has 5 heteroatoms. The van der Waals surface area contributed by atoms with Gasteiger partial charge in [0, 0.05) is 10.1 Å². The van der Waals surface area contributed by atoms with E-state index in [0.717, 1.165) is 14.8 Å². The topological polar surface area (TPSA) is 12.0 Å². The van der Waals surface area contributed by atoms with Gasteiger partial charge >= 0.3 is 0 Å². The number of halogens is 4. The molecule has 0 atom stereocenters. The lowest BCUT2D eigenvalue weighted by molar-refractivity contribution is 0.618. The Morgan fingerprint density at radius 1 is 1.28 bits per heavy atom. The van der Waals surface area contributed by atoms with Crippen molar-refractivity contribution in [3.63, 3.8) is 0 Å². The Balaban J connectivity index is 2.14. The Labute approximate surface area is 132 Å². The minimum Gasteiger partial charge on any atom is -0.380 e. The fourth-order valence-electron chi connectivity index (χ4n) is 1.51. The van der Waals surface area contributed by atoms with E-state index in [1.54, 1.807) is 6.07 Å². The van der Waals surface area contributed by atoms with Crippen LogP contribution in [0.3, 0.4) is 0 Å². The molecule has 0 spiro atoms. The SMILES string of the molecule is Fc1cccc(CNc2ccc(I)cc2Cl)c1Br. The van der Waals surface area contributed by atoms with E-state index in [9.17, 15) is 4.39 Å². The van der Waals surface area contributed by atoms with E-state index < -0.39 is 0 Å². The van der Waals surface area contributed by atoms with Gasteiger partial charge in [-0.2, -0.15) is 0 Å². The maximum Gasteiger partial charge on any atom is 0.137 e. The third-order valence-corrected chi connectivity index (χ3v) is 4.30. The van der Waals surface area contributed by atoms with Crippen molar-refractivity contribution in [2.24, 2.45) is 0 Å². The van der Waals surface area contributed by atoms with E-state index >= 15 is 0 Å². The van der Waals surface area contributed by atoms with Gasteiger partial charge in [0.25, 0.3) is 0 Å². The molecule has 2 rings (SSSR count). The van der Waals surface area contributed by atoms with Gasteiger partial charge in [0.1, 0.15) is 5.82 Å². The first-order chi connectivity index (χ1) is 8.58. The lowest BCUT2D eigenvalue weighted by atomic mass is 10.2. The molecule has 2 aromatic rings. The first kappa shape index (κ1) is 14.1. The van der Waals surface area contributed by atoms with E-state index in [2.05, 4.69) is 43.8 Å². The Morgan fingerprint density at radius 3 is 2.78 bits per heavy atom. The van der Waals surface area contributed by atoms with Crippen LogP contribution in [0.4, 0.5) is 10.1 Å². The second-order valence-corrected chi connectivity index (χ2v) is 6.14. The lowest BCUT2D eigenvalue weighted by Crippen LogP contribution is -2.01. The van der Waals surface area contributed by atoms with Crippen LogP contribution in [0.15, 0.2) is 40.9 Å². The molecule has 1 nitrogen and oxygen atoms in total. The van der Waals surface area contributed by atoms with Crippen LogP contribution >= 0.6 is 50.1 Å². The average molecular weight is 440 g/mol. The molecule has 0 bridgehead atoms. The van der Waals surface area contributed by atoms with Gasteiger partial charge < -0.3 is 5.32 Å². The maximum atomic E-state index is 13.3. The van der Waals surface area contributed by atoms with Crippen LogP contribution in [-0.4, -0.2) is 0 Å². The van der Waals surface area contributed by atoms with Crippen molar-refractivity contribution in [1.82, 2.24) is 0 Å². The molecule has 1 N–H and O–H groups in total. The van der Waals surface area contributed by atoms with Crippen molar-refractivity contribution < 1.29 is 4.39 Å². The predicted octanol–water partition coefficient (Wildman–Crippen LogP) is 5.46. The summed E-state index contributed by atoms with van der Waals surface area (Å²) in [4.78, 5) is 0. The Bertz CT molecular complexity index is 577. The molecule has 0 unspecified atom stereocenters. The third-order valence-electron chi connectivity index (χ3n) is 2.43. The average Bonchev–Trinajstić information content (AvgIpc) is 2.33. The van der Waals surface area contributed by atoms with Gasteiger partial charge in [-0.25, -0.2) is 4.39 Å². The predicted molar refractivity (Wildman–Crippen MR) is 85.6 cm³/mol. The zero-order valence-electron chi connectivity index (χ0n) is 9.18. The summed E-state index contributed by atoms with van der Waals surface area (Å²) in [6.07, 6.45) is 0. The maximum absolute atomic E-state index is 13.3. The first-order valence-corrected chi connectivity index (χ1v) is 7.44. The van der Waals surface area contributed by atoms with Gasteiger partial charge in [0.05, 0.1) is 15.2 Å². The van der Waals surface area contributed by atoms with Gasteiger partial charge in [-0.1, -0.05) is 23.7 Å². The number of hydrogen-bond donors (Lipinski definition) is 1. The highest BCUT2D eigenvalue weighted by molar-refractivity contribution is 14.1. The second kappa shape index (κ2) is 6.21. The zero-order valence-corrected chi connectivity index (χ0v) is 13.7. The summed E-state index contributed by atoms with van der Waals surface area (Å²) in [5.41, 5.74) is 1.69. The van der Waals surface area contributed by atoms with Crippen molar-refractivity contribution in [2.45, 2.75) is 6.54 Å². The summed E-state index contributed by atoms with van der Waals surface area (Å²) >= 11 is 11.6. The normalized spacial score (nSPS) is 10.4. The molecule has 0 saturated heterocycles. The molecular weight excluding hydrogens is 431 g/mol. The van der Waals surface area contributed by atoms with Gasteiger partial charge in [-0.3, -0.25) is 0 Å². The van der Waals surface area contributed by atoms with Crippen LogP contribution < -0.4 is 5.32 Å². The van der Waals surface area contributed by atoms with E-state index in [4.69, 9.17) is 11.6 Å². The van der Waals surface area contributed by atoms with Crippen molar-refractivity contribution >= 4 is 55.8 Å². The van der Waals surface area contributed by atoms with Gasteiger partial charge in [-0.05, 0) is 68.3 Å². The van der Waals surface area contributed by atoms with Gasteiger partial charge in [0.15, 0.2) is 0 Å². The quantitative estimate of drug-likeness (QED) is 0.625. The summed E-state index contributed by atoms with van der Waals surface area (Å²) in [6.45, 7) is 0.513. The Hall–Kier alpha value is -0.330. The molecule has 0 aromatic heterocycles. The van der Waals surface area contributed by atoms with Gasteiger partial charge in [0.2, 0.25) is 0 Å². The highest BCUT2D eigenvalue weighted by atomic mass is 127. The minimum atomic E-state index is -0.261. The fourth-order valence-corrected chi connectivity index (χ4v) is 2.84. The molecule has 0 aliphatic carbocycles. The third kappa shape index (κ3) is 3.36. The van der Waals surface area contributed by atoms with Crippen molar-refractivity contribution in [3.05, 3.63) is 60.8 Å². The highest BCUT2D eigenvalue weighted by Crippen LogP contribution is 2.26. The molecule has 94 valence electrons. The summed E-state index contributed by atoms with van der Waals surface area (Å²) in [5, 5.41) is 3.85. The molecule has 0 aliphatic rings. The molecule has 0 radical (unpaired) electrons. The van der Waals surface area contributed by atoms with Crippen LogP contribution in [0.1, 0.15) is 5.56 Å². The largest absolute Gasteiger partial charge is 0.380 e. The summed E-state index contributed by atoms with van der Waals surface area (Å²) in [6, 6.07) is 10.7. The van der Waals surface area contributed by atoms with E-state index in [0.29, 0.717) is 16.0 Å². The van der Waals surface area contributed by atoms with Crippen LogP contribution in [0, 0.1) is 9.39 Å². The Morgan fingerprint density at radius 2 is 2.06 bits per heavy atom. The van der Waals surface area contributed by atoms with E-state index in [-0.39, 0.29) is 5.82 Å². The van der Waals surface area contributed by atoms with Crippen molar-refractivity contribution in [3.8, 4) is 0 Å². The smallest absolute Gasteiger partial charge is 0.137 e. The number of hydrogen-bond acceptors (Lipinski definition) is 1. The van der Waals surface area contributed by atoms with Gasteiger partial charge in [-0.15, -0.1) is 0 Å². The molecule has 0 aliphatic heterocycles. The molecule has 0 saturated carbocycles. The Kier molecular flexibility index (Phi) is 4.86. The summed E-state index contributed by atoms with van der Waals surface area (Å²) in [5.74, 6) is -0.261. The fraction of sp³-hybridized carbons (Fsp3) is 0.0769. The van der Waals surface area contributed by atoms with E-state index in [1.807, 2.05) is 24.3 Å². The molecule has 2 aromatic carbocycles. The van der Waals surface area contributed by atoms with Crippen molar-refractivity contribution in [2.75, 3.05) is 5.32 Å². The van der Waals surface area contributed by atoms with Crippen LogP contribution in [0.25, 0.3) is 0 Å². The van der Waals surface area contributed by atoms with Crippen LogP contribution in [0.2, 0.25) is 5.02 Å². The molecule has 0 heterocycles. The highest BCUT2D eigenvalue weighted by Gasteiger charge is 2.06. The standard InChI is InChI=1S/C13H9BrClFIN/c14-13-8(2-1-3-11(13)16)7-18-12-5-4-9(17)6-10(12)15/h1-6,18H,7H2. The number of benzene rings is 2. The second-order valence-electron chi connectivity index (χ2n) is 3.69.